The molecule has 0 bridgehead atoms. The van der Waals surface area contributed by atoms with E-state index in [1.54, 1.807) is 19.2 Å². The molecule has 0 atom stereocenters. The van der Waals surface area contributed by atoms with Crippen molar-refractivity contribution in [2.24, 2.45) is 7.05 Å². The Hall–Kier alpha value is -2.47. The van der Waals surface area contributed by atoms with E-state index in [4.69, 9.17) is 16.3 Å². The molecule has 23 heavy (non-hydrogen) atoms. The quantitative estimate of drug-likeness (QED) is 0.853. The third kappa shape index (κ3) is 2.77. The number of aromatic nitrogens is 2. The van der Waals surface area contributed by atoms with E-state index in [0.29, 0.717) is 35.1 Å². The van der Waals surface area contributed by atoms with Crippen LogP contribution in [0, 0.1) is 0 Å². The summed E-state index contributed by atoms with van der Waals surface area (Å²) in [5.74, 6) is 1.10. The van der Waals surface area contributed by atoms with E-state index in [1.807, 2.05) is 24.1 Å². The number of benzene rings is 1. The Labute approximate surface area is 137 Å². The molecular formula is C16H16ClN3O3. The van der Waals surface area contributed by atoms with Gasteiger partial charge in [-0.05, 0) is 18.6 Å². The highest BCUT2D eigenvalue weighted by Gasteiger charge is 2.25. The van der Waals surface area contributed by atoms with Gasteiger partial charge in [-0.15, -0.1) is 0 Å². The van der Waals surface area contributed by atoms with E-state index < -0.39 is 11.2 Å². The van der Waals surface area contributed by atoms with Gasteiger partial charge in [0.2, 0.25) is 0 Å². The summed E-state index contributed by atoms with van der Waals surface area (Å²) in [5, 5.41) is 0.492. The summed E-state index contributed by atoms with van der Waals surface area (Å²) in [6, 6.07) is 7.11. The van der Waals surface area contributed by atoms with Crippen molar-refractivity contribution < 1.29 is 4.74 Å². The number of para-hydroxylation sites is 1. The SMILES string of the molecule is CN1CC/C(=C/Oc2ccccc2Cl)c2c1n(C)c(=O)[nH]c2=O. The molecule has 6 nitrogen and oxygen atoms in total. The molecule has 0 radical (unpaired) electrons. The van der Waals surface area contributed by atoms with Gasteiger partial charge in [0.15, 0.2) is 0 Å². The minimum atomic E-state index is -0.436. The first-order valence-corrected chi connectivity index (χ1v) is 7.52. The minimum Gasteiger partial charge on any atom is -0.463 e. The Morgan fingerprint density at radius 2 is 2.00 bits per heavy atom. The molecule has 0 spiro atoms. The lowest BCUT2D eigenvalue weighted by molar-refractivity contribution is 0.481. The second kappa shape index (κ2) is 5.96. The maximum absolute atomic E-state index is 12.3. The van der Waals surface area contributed by atoms with Crippen LogP contribution in [0.15, 0.2) is 40.1 Å². The predicted octanol–water partition coefficient (Wildman–Crippen LogP) is 1.99. The molecule has 0 saturated carbocycles. The van der Waals surface area contributed by atoms with Crippen LogP contribution in [-0.2, 0) is 7.05 Å². The van der Waals surface area contributed by atoms with Gasteiger partial charge < -0.3 is 9.64 Å². The van der Waals surface area contributed by atoms with Crippen molar-refractivity contribution in [3.63, 3.8) is 0 Å². The van der Waals surface area contributed by atoms with Crippen molar-refractivity contribution in [1.82, 2.24) is 9.55 Å². The highest BCUT2D eigenvalue weighted by Crippen LogP contribution is 2.31. The van der Waals surface area contributed by atoms with E-state index in [1.165, 1.54) is 10.8 Å². The largest absolute Gasteiger partial charge is 0.463 e. The molecule has 2 heterocycles. The molecule has 0 saturated heterocycles. The average Bonchev–Trinajstić information content (AvgIpc) is 2.52. The van der Waals surface area contributed by atoms with Crippen molar-refractivity contribution >= 4 is 23.0 Å². The summed E-state index contributed by atoms with van der Waals surface area (Å²) in [6.07, 6.45) is 2.17. The Kier molecular flexibility index (Phi) is 4.00. The Morgan fingerprint density at radius 3 is 2.74 bits per heavy atom. The van der Waals surface area contributed by atoms with Crippen LogP contribution < -0.4 is 20.9 Å². The topological polar surface area (TPSA) is 67.3 Å². The summed E-state index contributed by atoms with van der Waals surface area (Å²) in [7, 11) is 3.48. The third-order valence-corrected chi connectivity index (χ3v) is 4.17. The predicted molar refractivity (Wildman–Crippen MR) is 90.2 cm³/mol. The Balaban J connectivity index is 2.08. The van der Waals surface area contributed by atoms with E-state index in [-0.39, 0.29) is 0 Å². The van der Waals surface area contributed by atoms with Gasteiger partial charge in [-0.1, -0.05) is 23.7 Å². The lowest BCUT2D eigenvalue weighted by Crippen LogP contribution is -2.39. The van der Waals surface area contributed by atoms with Gasteiger partial charge in [0.25, 0.3) is 5.56 Å². The number of ether oxygens (including phenoxy) is 1. The average molecular weight is 334 g/mol. The molecule has 0 fully saturated rings. The van der Waals surface area contributed by atoms with Gasteiger partial charge in [-0.2, -0.15) is 0 Å². The second-order valence-corrected chi connectivity index (χ2v) is 5.79. The molecule has 1 N–H and O–H groups in total. The molecule has 3 rings (SSSR count). The van der Waals surface area contributed by atoms with Crippen LogP contribution >= 0.6 is 11.6 Å². The fourth-order valence-electron chi connectivity index (χ4n) is 2.66. The summed E-state index contributed by atoms with van der Waals surface area (Å²) >= 11 is 6.07. The summed E-state index contributed by atoms with van der Waals surface area (Å²) in [4.78, 5) is 28.3. The lowest BCUT2D eigenvalue weighted by Gasteiger charge is -2.29. The molecule has 1 aromatic heterocycles. The zero-order chi connectivity index (χ0) is 16.6. The second-order valence-electron chi connectivity index (χ2n) is 5.38. The number of aromatic amines is 1. The Bertz CT molecular complexity index is 898. The number of nitrogens with one attached hydrogen (secondary N) is 1. The molecule has 0 amide bonds. The van der Waals surface area contributed by atoms with Crippen LogP contribution in [0.3, 0.4) is 0 Å². The van der Waals surface area contributed by atoms with Crippen LogP contribution in [0.5, 0.6) is 5.75 Å². The number of rotatable bonds is 2. The number of fused-ring (bicyclic) bond motifs is 1. The van der Waals surface area contributed by atoms with Gasteiger partial charge in [-0.3, -0.25) is 14.3 Å². The number of nitrogens with zero attached hydrogens (tertiary/aromatic N) is 2. The fraction of sp³-hybridized carbons (Fsp3) is 0.250. The van der Waals surface area contributed by atoms with Gasteiger partial charge in [0.05, 0.1) is 16.8 Å². The molecule has 7 heteroatoms. The van der Waals surface area contributed by atoms with Crippen molar-refractivity contribution in [3.05, 3.63) is 62.0 Å². The van der Waals surface area contributed by atoms with E-state index in [0.717, 1.165) is 5.57 Å². The number of hydrogen-bond donors (Lipinski definition) is 1. The summed E-state index contributed by atoms with van der Waals surface area (Å²) in [5.41, 5.74) is 0.334. The van der Waals surface area contributed by atoms with E-state index in [2.05, 4.69) is 4.98 Å². The highest BCUT2D eigenvalue weighted by molar-refractivity contribution is 6.32. The number of halogens is 1. The molecular weight excluding hydrogens is 318 g/mol. The van der Waals surface area contributed by atoms with Crippen molar-refractivity contribution in [1.29, 1.82) is 0 Å². The first-order valence-electron chi connectivity index (χ1n) is 7.14. The molecule has 1 aliphatic heterocycles. The van der Waals surface area contributed by atoms with Crippen molar-refractivity contribution in [2.75, 3.05) is 18.5 Å². The zero-order valence-electron chi connectivity index (χ0n) is 12.8. The molecule has 2 aromatic rings. The number of anilines is 1. The first-order chi connectivity index (χ1) is 11.0. The van der Waals surface area contributed by atoms with E-state index in [9.17, 15) is 9.59 Å². The Morgan fingerprint density at radius 1 is 1.26 bits per heavy atom. The smallest absolute Gasteiger partial charge is 0.329 e. The van der Waals surface area contributed by atoms with Crippen LogP contribution in [-0.4, -0.2) is 23.1 Å². The normalized spacial score (nSPS) is 15.6. The standard InChI is InChI=1S/C16H16ClN3O3/c1-19-8-7-10(9-23-12-6-4-3-5-11(12)17)13-14(21)18-16(22)20(2)15(13)19/h3-6,9H,7-8H2,1-2H3,(H,18,21,22)/b10-9-. The maximum Gasteiger partial charge on any atom is 0.329 e. The number of H-pyrrole nitrogens is 1. The molecule has 120 valence electrons. The van der Waals surface area contributed by atoms with Gasteiger partial charge >= 0.3 is 5.69 Å². The lowest BCUT2D eigenvalue weighted by atomic mass is 10.0. The van der Waals surface area contributed by atoms with Crippen LogP contribution in [0.2, 0.25) is 5.02 Å². The van der Waals surface area contributed by atoms with Crippen molar-refractivity contribution in [2.45, 2.75) is 6.42 Å². The summed E-state index contributed by atoms with van der Waals surface area (Å²) < 4.78 is 7.07. The summed E-state index contributed by atoms with van der Waals surface area (Å²) in [6.45, 7) is 0.682. The first kappa shape index (κ1) is 15.4. The van der Waals surface area contributed by atoms with Crippen LogP contribution in [0.25, 0.3) is 5.57 Å². The van der Waals surface area contributed by atoms with Gasteiger partial charge in [0, 0.05) is 26.2 Å². The highest BCUT2D eigenvalue weighted by atomic mass is 35.5. The molecule has 0 aliphatic carbocycles. The third-order valence-electron chi connectivity index (χ3n) is 3.86. The monoisotopic (exact) mass is 333 g/mol. The maximum atomic E-state index is 12.3. The van der Waals surface area contributed by atoms with Crippen molar-refractivity contribution in [3.8, 4) is 5.75 Å². The fourth-order valence-corrected chi connectivity index (χ4v) is 2.84. The molecule has 1 aliphatic rings. The molecule has 0 unspecified atom stereocenters. The van der Waals surface area contributed by atoms with Gasteiger partial charge in [-0.25, -0.2) is 4.79 Å². The molecule has 1 aromatic carbocycles. The minimum absolute atomic E-state index is 0.413. The van der Waals surface area contributed by atoms with Crippen LogP contribution in [0.1, 0.15) is 12.0 Å². The van der Waals surface area contributed by atoms with Gasteiger partial charge in [0.1, 0.15) is 11.6 Å². The zero-order valence-corrected chi connectivity index (χ0v) is 13.6. The van der Waals surface area contributed by atoms with Crippen LogP contribution in [0.4, 0.5) is 5.82 Å². The number of hydrogen-bond acceptors (Lipinski definition) is 4. The van der Waals surface area contributed by atoms with E-state index >= 15 is 0 Å².